The van der Waals surface area contributed by atoms with E-state index in [1.54, 1.807) is 25.1 Å². The van der Waals surface area contributed by atoms with E-state index in [2.05, 4.69) is 5.32 Å². The second-order valence-corrected chi connectivity index (χ2v) is 9.77. The first-order valence-electron chi connectivity index (χ1n) is 10.9. The summed E-state index contributed by atoms with van der Waals surface area (Å²) < 4.78 is 67.2. The van der Waals surface area contributed by atoms with Gasteiger partial charge in [-0.3, -0.25) is 9.59 Å². The Kier molecular flexibility index (Phi) is 7.98. The lowest BCUT2D eigenvalue weighted by Crippen LogP contribution is -2.54. The molecule has 0 saturated carbocycles. The van der Waals surface area contributed by atoms with E-state index in [0.29, 0.717) is 19.3 Å². The minimum absolute atomic E-state index is 0.0687. The monoisotopic (exact) mass is 497 g/mol. The summed E-state index contributed by atoms with van der Waals surface area (Å²) in [5.74, 6) is -1.36. The van der Waals surface area contributed by atoms with Crippen molar-refractivity contribution in [3.63, 3.8) is 0 Å². The van der Waals surface area contributed by atoms with Crippen molar-refractivity contribution in [2.24, 2.45) is 0 Å². The van der Waals surface area contributed by atoms with Gasteiger partial charge in [-0.15, -0.1) is 0 Å². The molecular weight excluding hydrogens is 471 g/mol. The van der Waals surface area contributed by atoms with Crippen LogP contribution in [0.1, 0.15) is 31.7 Å². The van der Waals surface area contributed by atoms with Crippen molar-refractivity contribution >= 4 is 27.5 Å². The Labute approximate surface area is 196 Å². The zero-order chi connectivity index (χ0) is 24.9. The molecule has 0 aromatic heterocycles. The molecule has 11 heteroatoms. The number of nitrogens with one attached hydrogen (secondary N) is 1. The van der Waals surface area contributed by atoms with Crippen LogP contribution in [0.4, 0.5) is 18.9 Å². The van der Waals surface area contributed by atoms with Gasteiger partial charge in [0.1, 0.15) is 6.04 Å². The van der Waals surface area contributed by atoms with Crippen LogP contribution < -0.4 is 5.32 Å². The van der Waals surface area contributed by atoms with Crippen LogP contribution in [0.5, 0.6) is 0 Å². The Morgan fingerprint density at radius 2 is 1.71 bits per heavy atom. The fraction of sp³-hybridized carbons (Fsp3) is 0.391. The van der Waals surface area contributed by atoms with Gasteiger partial charge in [0.15, 0.2) is 0 Å². The second kappa shape index (κ2) is 10.6. The summed E-state index contributed by atoms with van der Waals surface area (Å²) in [6.07, 6.45) is -3.13. The second-order valence-electron chi connectivity index (χ2n) is 7.88. The molecule has 34 heavy (non-hydrogen) atoms. The number of amides is 2. The van der Waals surface area contributed by atoms with Crippen LogP contribution in [-0.2, 0) is 25.8 Å². The van der Waals surface area contributed by atoms with E-state index in [4.69, 9.17) is 0 Å². The maximum Gasteiger partial charge on any atom is 0.418 e. The van der Waals surface area contributed by atoms with Gasteiger partial charge in [0.05, 0.1) is 22.7 Å². The summed E-state index contributed by atoms with van der Waals surface area (Å²) in [4.78, 5) is 27.1. The van der Waals surface area contributed by atoms with Gasteiger partial charge in [-0.1, -0.05) is 36.8 Å². The average molecular weight is 498 g/mol. The van der Waals surface area contributed by atoms with Crippen LogP contribution in [0.3, 0.4) is 0 Å². The van der Waals surface area contributed by atoms with Crippen molar-refractivity contribution in [1.82, 2.24) is 9.21 Å². The molecule has 7 nitrogen and oxygen atoms in total. The average Bonchev–Trinajstić information content (AvgIpc) is 2.82. The smallest absolute Gasteiger partial charge is 0.332 e. The van der Waals surface area contributed by atoms with E-state index in [9.17, 15) is 31.2 Å². The standard InChI is InChI=1S/C23H26F3N3O4S/c1-2-28(16-21(30)27-19-13-7-6-12-18(19)23(24,25)26)22(31)20-14-8-9-15-29(20)34(32,33)17-10-4-3-5-11-17/h3-7,10-13,20H,2,8-9,14-16H2,1H3,(H,27,30). The van der Waals surface area contributed by atoms with Crippen LogP contribution >= 0.6 is 0 Å². The molecule has 1 N–H and O–H groups in total. The number of carbonyl (C=O) groups excluding carboxylic acids is 2. The first-order chi connectivity index (χ1) is 16.1. The molecule has 1 atom stereocenters. The predicted molar refractivity (Wildman–Crippen MR) is 120 cm³/mol. The topological polar surface area (TPSA) is 86.8 Å². The van der Waals surface area contributed by atoms with Crippen molar-refractivity contribution in [3.8, 4) is 0 Å². The number of piperidine rings is 1. The molecule has 0 bridgehead atoms. The third-order valence-electron chi connectivity index (χ3n) is 5.62. The molecule has 1 heterocycles. The number of carbonyl (C=O) groups is 2. The Hall–Kier alpha value is -2.92. The molecule has 0 aliphatic carbocycles. The maximum absolute atomic E-state index is 13.3. The summed E-state index contributed by atoms with van der Waals surface area (Å²) in [6.45, 7) is 1.37. The highest BCUT2D eigenvalue weighted by atomic mass is 32.2. The number of likely N-dealkylation sites (N-methyl/N-ethyl adjacent to an activating group) is 1. The molecule has 184 valence electrons. The lowest BCUT2D eigenvalue weighted by atomic mass is 10.0. The fourth-order valence-corrected chi connectivity index (χ4v) is 5.60. The van der Waals surface area contributed by atoms with E-state index in [-0.39, 0.29) is 18.0 Å². The first kappa shape index (κ1) is 25.7. The summed E-state index contributed by atoms with van der Waals surface area (Å²) in [5.41, 5.74) is -1.40. The summed E-state index contributed by atoms with van der Waals surface area (Å²) in [6, 6.07) is 11.3. The first-order valence-corrected chi connectivity index (χ1v) is 12.3. The van der Waals surface area contributed by atoms with E-state index in [1.165, 1.54) is 24.3 Å². The SMILES string of the molecule is CCN(CC(=O)Nc1ccccc1C(F)(F)F)C(=O)C1CCCCN1S(=O)(=O)c1ccccc1. The molecule has 2 amide bonds. The number of hydrogen-bond donors (Lipinski definition) is 1. The Morgan fingerprint density at radius 1 is 1.06 bits per heavy atom. The van der Waals surface area contributed by atoms with E-state index in [0.717, 1.165) is 21.3 Å². The highest BCUT2D eigenvalue weighted by molar-refractivity contribution is 7.89. The molecular formula is C23H26F3N3O4S. The molecule has 1 fully saturated rings. The molecule has 2 aromatic rings. The van der Waals surface area contributed by atoms with Gasteiger partial charge in [0.25, 0.3) is 0 Å². The van der Waals surface area contributed by atoms with E-state index < -0.39 is 51.9 Å². The molecule has 1 unspecified atom stereocenters. The van der Waals surface area contributed by atoms with Crippen molar-refractivity contribution in [2.75, 3.05) is 25.0 Å². The number of halogens is 3. The van der Waals surface area contributed by atoms with Gasteiger partial charge >= 0.3 is 6.18 Å². The van der Waals surface area contributed by atoms with Crippen LogP contribution in [-0.4, -0.2) is 55.1 Å². The van der Waals surface area contributed by atoms with Crippen LogP contribution in [0, 0.1) is 0 Å². The Bertz CT molecular complexity index is 1120. The molecule has 3 rings (SSSR count). The van der Waals surface area contributed by atoms with E-state index >= 15 is 0 Å². The lowest BCUT2D eigenvalue weighted by molar-refractivity contribution is -0.139. The van der Waals surface area contributed by atoms with Crippen molar-refractivity contribution < 1.29 is 31.2 Å². The number of anilines is 1. The lowest BCUT2D eigenvalue weighted by Gasteiger charge is -2.36. The quantitative estimate of drug-likeness (QED) is 0.632. The Morgan fingerprint density at radius 3 is 2.35 bits per heavy atom. The highest BCUT2D eigenvalue weighted by Gasteiger charge is 2.39. The molecule has 1 aliphatic heterocycles. The van der Waals surface area contributed by atoms with Crippen molar-refractivity contribution in [1.29, 1.82) is 0 Å². The van der Waals surface area contributed by atoms with Gasteiger partial charge in [0, 0.05) is 13.1 Å². The number of alkyl halides is 3. The van der Waals surface area contributed by atoms with E-state index in [1.807, 2.05) is 0 Å². The van der Waals surface area contributed by atoms with Crippen LogP contribution in [0.15, 0.2) is 59.5 Å². The normalized spacial score (nSPS) is 17.2. The fourth-order valence-electron chi connectivity index (χ4n) is 3.93. The van der Waals surface area contributed by atoms with Crippen molar-refractivity contribution in [2.45, 2.75) is 43.3 Å². The maximum atomic E-state index is 13.3. The summed E-state index contributed by atoms with van der Waals surface area (Å²) in [7, 11) is -3.94. The molecule has 0 spiro atoms. The predicted octanol–water partition coefficient (Wildman–Crippen LogP) is 3.74. The highest BCUT2D eigenvalue weighted by Crippen LogP contribution is 2.34. The van der Waals surface area contributed by atoms with Crippen LogP contribution in [0.2, 0.25) is 0 Å². The largest absolute Gasteiger partial charge is 0.418 e. The minimum atomic E-state index is -4.65. The van der Waals surface area contributed by atoms with Gasteiger partial charge in [-0.2, -0.15) is 17.5 Å². The third-order valence-corrected chi connectivity index (χ3v) is 7.55. The number of sulfonamides is 1. The van der Waals surface area contributed by atoms with Crippen LogP contribution in [0.25, 0.3) is 0 Å². The van der Waals surface area contributed by atoms with Gasteiger partial charge in [-0.05, 0) is 44.0 Å². The van der Waals surface area contributed by atoms with Gasteiger partial charge < -0.3 is 10.2 Å². The minimum Gasteiger partial charge on any atom is -0.332 e. The third kappa shape index (κ3) is 5.76. The molecule has 1 aliphatic rings. The summed E-state index contributed by atoms with van der Waals surface area (Å²) >= 11 is 0. The zero-order valence-corrected chi connectivity index (χ0v) is 19.4. The van der Waals surface area contributed by atoms with Crippen molar-refractivity contribution in [3.05, 3.63) is 60.2 Å². The summed E-state index contributed by atoms with van der Waals surface area (Å²) in [5, 5.41) is 2.22. The number of hydrogen-bond acceptors (Lipinski definition) is 4. The number of para-hydroxylation sites is 1. The van der Waals surface area contributed by atoms with Gasteiger partial charge in [-0.25, -0.2) is 8.42 Å². The number of rotatable bonds is 7. The molecule has 0 radical (unpaired) electrons. The Balaban J connectivity index is 1.77. The molecule has 2 aromatic carbocycles. The molecule has 1 saturated heterocycles. The zero-order valence-electron chi connectivity index (χ0n) is 18.6. The number of benzene rings is 2. The van der Waals surface area contributed by atoms with Gasteiger partial charge in [0.2, 0.25) is 21.8 Å². The number of nitrogens with zero attached hydrogens (tertiary/aromatic N) is 2.